The van der Waals surface area contributed by atoms with Crippen molar-refractivity contribution in [1.82, 2.24) is 9.88 Å². The SMILES string of the molecule is O=C(Nc1nc(CN2CCCCC2)cs1)c1cc(Br)ccc1F. The maximum Gasteiger partial charge on any atom is 0.260 e. The number of likely N-dealkylation sites (tertiary alicyclic amines) is 1. The van der Waals surface area contributed by atoms with E-state index in [1.807, 2.05) is 5.38 Å². The Hall–Kier alpha value is -1.31. The Kier molecular flexibility index (Phi) is 5.40. The molecule has 0 saturated carbocycles. The Bertz CT molecular complexity index is 700. The number of nitrogens with zero attached hydrogens (tertiary/aromatic N) is 2. The van der Waals surface area contributed by atoms with Gasteiger partial charge in [0.1, 0.15) is 5.82 Å². The predicted octanol–water partition coefficient (Wildman–Crippen LogP) is 4.28. The second kappa shape index (κ2) is 7.51. The normalized spacial score (nSPS) is 15.6. The van der Waals surface area contributed by atoms with Gasteiger partial charge in [-0.25, -0.2) is 9.37 Å². The van der Waals surface area contributed by atoms with Crippen molar-refractivity contribution in [2.24, 2.45) is 0 Å². The Morgan fingerprint density at radius 2 is 2.13 bits per heavy atom. The molecule has 3 rings (SSSR count). The minimum absolute atomic E-state index is 0.00663. The standard InChI is InChI=1S/C16H17BrFN3OS/c17-11-4-5-14(18)13(8-11)15(22)20-16-19-12(10-23-16)9-21-6-2-1-3-7-21/h4-5,8,10H,1-3,6-7,9H2,(H,19,20,22). The molecule has 0 aliphatic carbocycles. The van der Waals surface area contributed by atoms with Crippen LogP contribution in [0, 0.1) is 5.82 Å². The summed E-state index contributed by atoms with van der Waals surface area (Å²) in [6, 6.07) is 4.29. The molecule has 122 valence electrons. The zero-order valence-electron chi connectivity index (χ0n) is 12.5. The first-order chi connectivity index (χ1) is 11.1. The van der Waals surface area contributed by atoms with Gasteiger partial charge in [0.15, 0.2) is 5.13 Å². The molecule has 1 saturated heterocycles. The summed E-state index contributed by atoms with van der Waals surface area (Å²) in [5.41, 5.74) is 0.953. The lowest BCUT2D eigenvalue weighted by Gasteiger charge is -2.25. The van der Waals surface area contributed by atoms with Gasteiger partial charge >= 0.3 is 0 Å². The molecule has 1 fully saturated rings. The van der Waals surface area contributed by atoms with Gasteiger partial charge in [-0.1, -0.05) is 22.4 Å². The molecule has 0 atom stereocenters. The summed E-state index contributed by atoms with van der Waals surface area (Å²) in [5.74, 6) is -1.03. The quantitative estimate of drug-likeness (QED) is 0.836. The minimum Gasteiger partial charge on any atom is -0.298 e. The summed E-state index contributed by atoms with van der Waals surface area (Å²) in [7, 11) is 0. The van der Waals surface area contributed by atoms with Crippen molar-refractivity contribution >= 4 is 38.3 Å². The molecule has 0 bridgehead atoms. The molecule has 2 heterocycles. The van der Waals surface area contributed by atoms with Crippen LogP contribution >= 0.6 is 27.3 Å². The maximum absolute atomic E-state index is 13.7. The van der Waals surface area contributed by atoms with Crippen LogP contribution < -0.4 is 5.32 Å². The number of halogens is 2. The Morgan fingerprint density at radius 1 is 1.35 bits per heavy atom. The summed E-state index contributed by atoms with van der Waals surface area (Å²) in [6.07, 6.45) is 3.76. The number of thiazole rings is 1. The summed E-state index contributed by atoms with van der Waals surface area (Å²) in [6.45, 7) is 3.00. The Balaban J connectivity index is 1.64. The number of amides is 1. The first kappa shape index (κ1) is 16.5. The zero-order chi connectivity index (χ0) is 16.2. The van der Waals surface area contributed by atoms with Crippen molar-refractivity contribution in [2.75, 3.05) is 18.4 Å². The monoisotopic (exact) mass is 397 g/mol. The van der Waals surface area contributed by atoms with E-state index in [1.54, 1.807) is 6.07 Å². The number of rotatable bonds is 4. The molecule has 1 aliphatic rings. The average molecular weight is 398 g/mol. The van der Waals surface area contributed by atoms with Crippen LogP contribution in [0.25, 0.3) is 0 Å². The third-order valence-corrected chi connectivity index (χ3v) is 5.08. The second-order valence-electron chi connectivity index (χ2n) is 5.56. The smallest absolute Gasteiger partial charge is 0.260 e. The van der Waals surface area contributed by atoms with E-state index in [1.165, 1.54) is 42.7 Å². The van der Waals surface area contributed by atoms with Crippen LogP contribution in [0.15, 0.2) is 28.1 Å². The van der Waals surface area contributed by atoms with Crippen LogP contribution in [0.5, 0.6) is 0 Å². The van der Waals surface area contributed by atoms with Gasteiger partial charge in [0.25, 0.3) is 5.91 Å². The van der Waals surface area contributed by atoms with Crippen molar-refractivity contribution in [3.8, 4) is 0 Å². The minimum atomic E-state index is -0.546. The van der Waals surface area contributed by atoms with Gasteiger partial charge in [0.05, 0.1) is 11.3 Å². The number of nitrogens with one attached hydrogen (secondary N) is 1. The van der Waals surface area contributed by atoms with Gasteiger partial charge < -0.3 is 0 Å². The topological polar surface area (TPSA) is 45.2 Å². The molecule has 1 aliphatic heterocycles. The summed E-state index contributed by atoms with van der Waals surface area (Å²) < 4.78 is 14.4. The van der Waals surface area contributed by atoms with E-state index in [0.29, 0.717) is 9.60 Å². The molecule has 1 N–H and O–H groups in total. The van der Waals surface area contributed by atoms with Crippen LogP contribution in [-0.2, 0) is 6.54 Å². The lowest BCUT2D eigenvalue weighted by Crippen LogP contribution is -2.29. The van der Waals surface area contributed by atoms with E-state index in [2.05, 4.69) is 31.1 Å². The van der Waals surface area contributed by atoms with Crippen LogP contribution in [0.2, 0.25) is 0 Å². The average Bonchev–Trinajstić information content (AvgIpc) is 2.97. The lowest BCUT2D eigenvalue weighted by molar-refractivity contribution is 0.102. The van der Waals surface area contributed by atoms with E-state index in [9.17, 15) is 9.18 Å². The summed E-state index contributed by atoms with van der Waals surface area (Å²) in [5, 5.41) is 5.12. The van der Waals surface area contributed by atoms with E-state index in [-0.39, 0.29) is 5.56 Å². The molecule has 1 aromatic carbocycles. The fraction of sp³-hybridized carbons (Fsp3) is 0.375. The highest BCUT2D eigenvalue weighted by atomic mass is 79.9. The molecule has 0 spiro atoms. The molecular formula is C16H17BrFN3OS. The van der Waals surface area contributed by atoms with E-state index in [0.717, 1.165) is 25.3 Å². The number of hydrogen-bond donors (Lipinski definition) is 1. The van der Waals surface area contributed by atoms with Gasteiger partial charge in [-0.05, 0) is 44.1 Å². The number of carbonyl (C=O) groups excluding carboxylic acids is 1. The van der Waals surface area contributed by atoms with Crippen LogP contribution in [0.4, 0.5) is 9.52 Å². The van der Waals surface area contributed by atoms with Gasteiger partial charge in [-0.15, -0.1) is 11.3 Å². The number of hydrogen-bond acceptors (Lipinski definition) is 4. The molecule has 0 radical (unpaired) electrons. The third-order valence-electron chi connectivity index (χ3n) is 3.78. The zero-order valence-corrected chi connectivity index (χ0v) is 14.9. The Morgan fingerprint density at radius 3 is 2.91 bits per heavy atom. The summed E-state index contributed by atoms with van der Waals surface area (Å²) >= 11 is 4.61. The number of carbonyl (C=O) groups is 1. The van der Waals surface area contributed by atoms with Gasteiger partial charge in [-0.2, -0.15) is 0 Å². The molecule has 1 aromatic heterocycles. The van der Waals surface area contributed by atoms with Crippen molar-refractivity contribution in [1.29, 1.82) is 0 Å². The fourth-order valence-corrected chi connectivity index (χ4v) is 3.68. The van der Waals surface area contributed by atoms with Crippen LogP contribution in [0.1, 0.15) is 35.3 Å². The Labute approximate surface area is 146 Å². The number of aromatic nitrogens is 1. The van der Waals surface area contributed by atoms with E-state index >= 15 is 0 Å². The molecule has 0 unspecified atom stereocenters. The predicted molar refractivity (Wildman–Crippen MR) is 93.3 cm³/mol. The first-order valence-corrected chi connectivity index (χ1v) is 9.22. The van der Waals surface area contributed by atoms with E-state index in [4.69, 9.17) is 0 Å². The third kappa shape index (κ3) is 4.37. The maximum atomic E-state index is 13.7. The number of benzene rings is 1. The fourth-order valence-electron chi connectivity index (χ4n) is 2.62. The van der Waals surface area contributed by atoms with Crippen molar-refractivity contribution in [3.05, 3.63) is 45.1 Å². The van der Waals surface area contributed by atoms with Crippen LogP contribution in [0.3, 0.4) is 0 Å². The highest BCUT2D eigenvalue weighted by Gasteiger charge is 2.16. The lowest BCUT2D eigenvalue weighted by atomic mass is 10.1. The molecule has 23 heavy (non-hydrogen) atoms. The highest BCUT2D eigenvalue weighted by Crippen LogP contribution is 2.21. The first-order valence-electron chi connectivity index (χ1n) is 7.55. The van der Waals surface area contributed by atoms with Gasteiger partial charge in [0, 0.05) is 16.4 Å². The van der Waals surface area contributed by atoms with Crippen molar-refractivity contribution < 1.29 is 9.18 Å². The molecule has 4 nitrogen and oxygen atoms in total. The van der Waals surface area contributed by atoms with Gasteiger partial charge in [0.2, 0.25) is 0 Å². The van der Waals surface area contributed by atoms with Crippen molar-refractivity contribution in [3.63, 3.8) is 0 Å². The van der Waals surface area contributed by atoms with E-state index < -0.39 is 11.7 Å². The molecular weight excluding hydrogens is 381 g/mol. The molecule has 7 heteroatoms. The van der Waals surface area contributed by atoms with Crippen molar-refractivity contribution in [2.45, 2.75) is 25.8 Å². The highest BCUT2D eigenvalue weighted by molar-refractivity contribution is 9.10. The number of anilines is 1. The van der Waals surface area contributed by atoms with Gasteiger partial charge in [-0.3, -0.25) is 15.0 Å². The largest absolute Gasteiger partial charge is 0.298 e. The second-order valence-corrected chi connectivity index (χ2v) is 7.33. The number of piperidine rings is 1. The molecule has 1 amide bonds. The van der Waals surface area contributed by atoms with Crippen LogP contribution in [-0.4, -0.2) is 28.9 Å². The summed E-state index contributed by atoms with van der Waals surface area (Å²) in [4.78, 5) is 19.0. The molecule has 2 aromatic rings.